The zero-order valence-corrected chi connectivity index (χ0v) is 18.7. The minimum absolute atomic E-state index is 0.0144. The Kier molecular flexibility index (Phi) is 5.76. The quantitative estimate of drug-likeness (QED) is 0.665. The van der Waals surface area contributed by atoms with Crippen LogP contribution in [0.4, 0.5) is 5.69 Å². The molecule has 2 aromatic heterocycles. The lowest BCUT2D eigenvalue weighted by molar-refractivity contribution is -0.121. The molecule has 0 atom stereocenters. The Balaban J connectivity index is 1.36. The van der Waals surface area contributed by atoms with Crippen molar-refractivity contribution in [3.63, 3.8) is 0 Å². The van der Waals surface area contributed by atoms with E-state index in [-0.39, 0.29) is 11.8 Å². The first-order valence-corrected chi connectivity index (χ1v) is 10.8. The van der Waals surface area contributed by atoms with Crippen LogP contribution >= 0.6 is 0 Å². The number of pyridine rings is 1. The average molecular weight is 420 g/mol. The predicted octanol–water partition coefficient (Wildman–Crippen LogP) is 3.27. The maximum Gasteiger partial charge on any atom is 0.227 e. The zero-order valence-electron chi connectivity index (χ0n) is 18.7. The molecular weight excluding hydrogens is 390 g/mol. The number of rotatable bonds is 6. The van der Waals surface area contributed by atoms with Crippen molar-refractivity contribution in [1.29, 1.82) is 0 Å². The Morgan fingerprint density at radius 1 is 1.13 bits per heavy atom. The number of hydrogen-bond donors (Lipinski definition) is 1. The number of hydrogen-bond acceptors (Lipinski definition) is 4. The van der Waals surface area contributed by atoms with Crippen LogP contribution in [0.1, 0.15) is 47.3 Å². The molecule has 1 aliphatic rings. The third-order valence-electron chi connectivity index (χ3n) is 6.14. The number of fused-ring (bicyclic) bond motifs is 1. The van der Waals surface area contributed by atoms with E-state index in [2.05, 4.69) is 17.3 Å². The average Bonchev–Trinajstić information content (AvgIpc) is 3.29. The summed E-state index contributed by atoms with van der Waals surface area (Å²) < 4.78 is 1.81. The smallest absolute Gasteiger partial charge is 0.227 e. The van der Waals surface area contributed by atoms with E-state index in [1.165, 1.54) is 0 Å². The zero-order chi connectivity index (χ0) is 22.1. The molecule has 1 saturated heterocycles. The second kappa shape index (κ2) is 8.49. The number of aromatic nitrogens is 3. The molecule has 2 amide bonds. The first-order valence-electron chi connectivity index (χ1n) is 10.8. The molecule has 0 aliphatic carbocycles. The van der Waals surface area contributed by atoms with E-state index in [1.54, 1.807) is 0 Å². The monoisotopic (exact) mass is 419 g/mol. The number of anilines is 1. The van der Waals surface area contributed by atoms with Crippen molar-refractivity contribution >= 4 is 28.5 Å². The lowest BCUT2D eigenvalue weighted by Gasteiger charge is -2.16. The summed E-state index contributed by atoms with van der Waals surface area (Å²) in [6.45, 7) is 7.34. The highest BCUT2D eigenvalue weighted by Gasteiger charge is 2.21. The number of nitrogens with zero attached hydrogens (tertiary/aromatic N) is 4. The van der Waals surface area contributed by atoms with Crippen molar-refractivity contribution in [3.05, 3.63) is 52.3 Å². The van der Waals surface area contributed by atoms with Crippen molar-refractivity contribution in [2.75, 3.05) is 11.4 Å². The standard InChI is InChI=1S/C24H29N5O2/c1-15-20(16(2)26-24-23(15)17(3)27-28(24)4)11-12-21(30)25-14-18-7-9-19(10-8-18)29-13-5-6-22(29)31/h7-10H,5-6,11-14H2,1-4H3,(H,25,30). The van der Waals surface area contributed by atoms with Crippen LogP contribution in [0.25, 0.3) is 11.0 Å². The summed E-state index contributed by atoms with van der Waals surface area (Å²) in [5, 5.41) is 8.57. The van der Waals surface area contributed by atoms with E-state index in [0.29, 0.717) is 25.8 Å². The van der Waals surface area contributed by atoms with E-state index in [4.69, 9.17) is 4.98 Å². The van der Waals surface area contributed by atoms with Gasteiger partial charge in [0.25, 0.3) is 0 Å². The molecule has 162 valence electrons. The van der Waals surface area contributed by atoms with E-state index in [0.717, 1.165) is 57.8 Å². The molecule has 31 heavy (non-hydrogen) atoms. The van der Waals surface area contributed by atoms with E-state index in [1.807, 2.05) is 54.7 Å². The first-order chi connectivity index (χ1) is 14.8. The Bertz CT molecular complexity index is 1150. The first kappa shape index (κ1) is 21.0. The van der Waals surface area contributed by atoms with E-state index in [9.17, 15) is 9.59 Å². The van der Waals surface area contributed by atoms with Gasteiger partial charge in [-0.25, -0.2) is 4.98 Å². The number of carbonyl (C=O) groups is 2. The molecule has 1 fully saturated rings. The van der Waals surface area contributed by atoms with Crippen LogP contribution in [0.3, 0.4) is 0 Å². The Labute approximate surface area is 182 Å². The molecule has 0 saturated carbocycles. The van der Waals surface area contributed by atoms with Crippen molar-refractivity contribution < 1.29 is 9.59 Å². The molecule has 1 aromatic carbocycles. The molecule has 1 aliphatic heterocycles. The Morgan fingerprint density at radius 3 is 2.55 bits per heavy atom. The van der Waals surface area contributed by atoms with E-state index < -0.39 is 0 Å². The van der Waals surface area contributed by atoms with Crippen molar-refractivity contribution in [3.8, 4) is 0 Å². The van der Waals surface area contributed by atoms with Gasteiger partial charge in [0.15, 0.2) is 5.65 Å². The van der Waals surface area contributed by atoms with Gasteiger partial charge in [0.1, 0.15) is 0 Å². The van der Waals surface area contributed by atoms with Gasteiger partial charge in [-0.2, -0.15) is 5.10 Å². The minimum Gasteiger partial charge on any atom is -0.352 e. The van der Waals surface area contributed by atoms with Gasteiger partial charge in [0.2, 0.25) is 11.8 Å². The summed E-state index contributed by atoms with van der Waals surface area (Å²) in [7, 11) is 1.91. The lowest BCUT2D eigenvalue weighted by atomic mass is 9.99. The van der Waals surface area contributed by atoms with Gasteiger partial charge >= 0.3 is 0 Å². The van der Waals surface area contributed by atoms with Crippen LogP contribution in [0.15, 0.2) is 24.3 Å². The summed E-state index contributed by atoms with van der Waals surface area (Å²) >= 11 is 0. The maximum atomic E-state index is 12.5. The molecule has 7 heteroatoms. The Hall–Kier alpha value is -3.22. The lowest BCUT2D eigenvalue weighted by Crippen LogP contribution is -2.24. The molecule has 0 bridgehead atoms. The number of aryl methyl sites for hydroxylation is 4. The van der Waals surface area contributed by atoms with Crippen LogP contribution in [-0.4, -0.2) is 33.1 Å². The topological polar surface area (TPSA) is 80.1 Å². The fraction of sp³-hybridized carbons (Fsp3) is 0.417. The van der Waals surface area contributed by atoms with Gasteiger partial charge in [-0.3, -0.25) is 14.3 Å². The van der Waals surface area contributed by atoms with Gasteiger partial charge in [-0.15, -0.1) is 0 Å². The van der Waals surface area contributed by atoms with Crippen LogP contribution in [-0.2, 0) is 29.6 Å². The van der Waals surface area contributed by atoms with Crippen molar-refractivity contribution in [2.24, 2.45) is 7.05 Å². The van der Waals surface area contributed by atoms with E-state index >= 15 is 0 Å². The van der Waals surface area contributed by atoms with Gasteiger partial charge in [-0.05, 0) is 62.4 Å². The predicted molar refractivity (Wildman–Crippen MR) is 121 cm³/mol. The van der Waals surface area contributed by atoms with Gasteiger partial charge < -0.3 is 10.2 Å². The summed E-state index contributed by atoms with van der Waals surface area (Å²) in [4.78, 5) is 30.9. The molecule has 0 spiro atoms. The van der Waals surface area contributed by atoms with Crippen LogP contribution in [0.5, 0.6) is 0 Å². The molecule has 7 nitrogen and oxygen atoms in total. The number of carbonyl (C=O) groups excluding carboxylic acids is 2. The largest absolute Gasteiger partial charge is 0.352 e. The molecule has 4 rings (SSSR count). The van der Waals surface area contributed by atoms with Crippen molar-refractivity contribution in [2.45, 2.75) is 53.0 Å². The van der Waals surface area contributed by atoms with Crippen LogP contribution in [0, 0.1) is 20.8 Å². The molecule has 3 heterocycles. The summed E-state index contributed by atoms with van der Waals surface area (Å²) in [6, 6.07) is 7.85. The van der Waals surface area contributed by atoms with Crippen LogP contribution in [0.2, 0.25) is 0 Å². The summed E-state index contributed by atoms with van der Waals surface area (Å²) in [5.41, 5.74) is 7.04. The highest BCUT2D eigenvalue weighted by molar-refractivity contribution is 5.95. The fourth-order valence-electron chi connectivity index (χ4n) is 4.47. The normalized spacial score (nSPS) is 13.9. The highest BCUT2D eigenvalue weighted by atomic mass is 16.2. The Morgan fingerprint density at radius 2 is 1.87 bits per heavy atom. The molecule has 0 radical (unpaired) electrons. The molecular formula is C24H29N5O2. The van der Waals surface area contributed by atoms with Crippen LogP contribution < -0.4 is 10.2 Å². The van der Waals surface area contributed by atoms with Gasteiger partial charge in [0, 0.05) is 49.7 Å². The number of benzene rings is 1. The molecule has 3 aromatic rings. The second-order valence-corrected chi connectivity index (χ2v) is 8.30. The summed E-state index contributed by atoms with van der Waals surface area (Å²) in [5.74, 6) is 0.196. The van der Waals surface area contributed by atoms with Gasteiger partial charge in [-0.1, -0.05) is 12.1 Å². The van der Waals surface area contributed by atoms with Crippen molar-refractivity contribution in [1.82, 2.24) is 20.1 Å². The second-order valence-electron chi connectivity index (χ2n) is 8.30. The third-order valence-corrected chi connectivity index (χ3v) is 6.14. The minimum atomic E-state index is 0.0144. The molecule has 1 N–H and O–H groups in total. The van der Waals surface area contributed by atoms with Gasteiger partial charge in [0.05, 0.1) is 5.69 Å². The highest BCUT2D eigenvalue weighted by Crippen LogP contribution is 2.26. The number of amides is 2. The molecule has 0 unspecified atom stereocenters. The third kappa shape index (κ3) is 4.17. The maximum absolute atomic E-state index is 12.5. The fourth-order valence-corrected chi connectivity index (χ4v) is 4.47. The summed E-state index contributed by atoms with van der Waals surface area (Å²) in [6.07, 6.45) is 2.60. The SMILES string of the molecule is Cc1nc2c(c(C)nn2C)c(C)c1CCC(=O)NCc1ccc(N2CCCC2=O)cc1. The number of nitrogens with one attached hydrogen (secondary N) is 1.